The number of hydrogen-bond donors (Lipinski definition) is 2. The lowest BCUT2D eigenvalue weighted by atomic mass is 9.95. The fraction of sp³-hybridized carbons (Fsp3) is 0.878. The van der Waals surface area contributed by atoms with Crippen LogP contribution in [0.5, 0.6) is 5.75 Å². The molecule has 2 N–H and O–H groups in total. The zero-order valence-corrected chi connectivity index (χ0v) is 35.7. The van der Waals surface area contributed by atoms with Crippen LogP contribution in [0.4, 0.5) is 0 Å². The molecular weight excluding hydrogens is 619 g/mol. The van der Waals surface area contributed by atoms with Gasteiger partial charge < -0.3 is 10.4 Å². The highest BCUT2D eigenvalue weighted by atomic mass is 16.3. The highest BCUT2D eigenvalue weighted by Crippen LogP contribution is 2.29. The van der Waals surface area contributed by atoms with Crippen LogP contribution in [0.15, 0.2) is 12.1 Å². The average molecular weight is 712 g/mol. The van der Waals surface area contributed by atoms with E-state index in [1.54, 1.807) is 0 Å². The van der Waals surface area contributed by atoms with Crippen molar-refractivity contribution in [2.45, 2.75) is 259 Å². The van der Waals surface area contributed by atoms with Crippen LogP contribution in [0.25, 0.3) is 0 Å². The van der Waals surface area contributed by atoms with E-state index >= 15 is 0 Å². The van der Waals surface area contributed by atoms with Gasteiger partial charge in [-0.2, -0.15) is 0 Å². The lowest BCUT2D eigenvalue weighted by Crippen LogP contribution is -2.15. The summed E-state index contributed by atoms with van der Waals surface area (Å²) in [5.74, 6) is 2.30. The van der Waals surface area contributed by atoms with Crippen molar-refractivity contribution in [3.63, 3.8) is 0 Å². The van der Waals surface area contributed by atoms with Crippen molar-refractivity contribution in [3.8, 4) is 5.75 Å². The first-order valence-electron chi connectivity index (χ1n) is 23.5. The van der Waals surface area contributed by atoms with Crippen LogP contribution in [0.3, 0.4) is 0 Å². The zero-order valence-electron chi connectivity index (χ0n) is 35.7. The molecule has 300 valence electrons. The van der Waals surface area contributed by atoms with Crippen molar-refractivity contribution >= 4 is 0 Å². The van der Waals surface area contributed by atoms with Crippen LogP contribution in [-0.4, -0.2) is 11.7 Å². The average Bonchev–Trinajstić information content (AvgIpc) is 3.10. The van der Waals surface area contributed by atoms with Crippen molar-refractivity contribution in [1.29, 1.82) is 0 Å². The van der Waals surface area contributed by atoms with Gasteiger partial charge in [-0.25, -0.2) is 0 Å². The van der Waals surface area contributed by atoms with Crippen molar-refractivity contribution in [2.24, 2.45) is 11.8 Å². The molecule has 1 rings (SSSR count). The quantitative estimate of drug-likeness (QED) is 0.0666. The molecule has 0 bridgehead atoms. The molecule has 0 aliphatic rings. The molecule has 0 fully saturated rings. The minimum atomic E-state index is 0.610. The summed E-state index contributed by atoms with van der Waals surface area (Å²) in [6.45, 7) is 13.7. The Balaban J connectivity index is 2.32. The van der Waals surface area contributed by atoms with E-state index in [-0.39, 0.29) is 0 Å². The summed E-state index contributed by atoms with van der Waals surface area (Å²) in [5.41, 5.74) is 3.78. The topological polar surface area (TPSA) is 32.3 Å². The second-order valence-electron chi connectivity index (χ2n) is 17.6. The van der Waals surface area contributed by atoms with Gasteiger partial charge in [0.1, 0.15) is 5.75 Å². The SMILES string of the molecule is CCCCCCCCCCCCCCCCCCNCc1cc(CCCCCCCCCC(C)C)c(O)c(CCCCCCCCCC(C)C)c1. The van der Waals surface area contributed by atoms with E-state index in [0.29, 0.717) is 5.75 Å². The van der Waals surface area contributed by atoms with Gasteiger partial charge in [0.15, 0.2) is 0 Å². The number of phenols is 1. The van der Waals surface area contributed by atoms with Crippen LogP contribution in [-0.2, 0) is 19.4 Å². The number of nitrogens with one attached hydrogen (secondary N) is 1. The fourth-order valence-electron chi connectivity index (χ4n) is 7.85. The van der Waals surface area contributed by atoms with Crippen molar-refractivity contribution in [1.82, 2.24) is 5.32 Å². The van der Waals surface area contributed by atoms with Crippen LogP contribution in [0.2, 0.25) is 0 Å². The van der Waals surface area contributed by atoms with E-state index < -0.39 is 0 Å². The molecule has 0 amide bonds. The molecule has 2 heteroatoms. The monoisotopic (exact) mass is 712 g/mol. The predicted molar refractivity (Wildman–Crippen MR) is 230 cm³/mol. The van der Waals surface area contributed by atoms with Gasteiger partial charge in [-0.05, 0) is 67.2 Å². The molecule has 51 heavy (non-hydrogen) atoms. The molecule has 0 unspecified atom stereocenters. The second-order valence-corrected chi connectivity index (χ2v) is 17.6. The second kappa shape index (κ2) is 36.0. The highest BCUT2D eigenvalue weighted by molar-refractivity contribution is 5.44. The lowest BCUT2D eigenvalue weighted by molar-refractivity contribution is 0.455. The summed E-state index contributed by atoms with van der Waals surface area (Å²) in [7, 11) is 0. The van der Waals surface area contributed by atoms with Crippen molar-refractivity contribution in [2.75, 3.05) is 6.54 Å². The maximum Gasteiger partial charge on any atom is 0.121 e. The van der Waals surface area contributed by atoms with Crippen LogP contribution >= 0.6 is 0 Å². The normalized spacial score (nSPS) is 11.8. The minimum Gasteiger partial charge on any atom is -0.507 e. The summed E-state index contributed by atoms with van der Waals surface area (Å²) >= 11 is 0. The summed E-state index contributed by atoms with van der Waals surface area (Å²) in [5, 5.41) is 15.1. The number of aryl methyl sites for hydroxylation is 2. The third-order valence-electron chi connectivity index (χ3n) is 11.3. The third kappa shape index (κ3) is 31.1. The summed E-state index contributed by atoms with van der Waals surface area (Å²) in [6.07, 6.45) is 46.3. The standard InChI is InChI=1S/C49H93NO/c1-6-7-8-9-10-11-12-13-14-15-16-17-18-25-30-35-40-50-43-46-41-47(38-33-28-23-19-21-26-31-36-44(2)3)49(51)48(42-46)39-34-29-24-20-22-27-32-37-45(4)5/h41-42,44-45,50-51H,6-40,43H2,1-5H3. The van der Waals surface area contributed by atoms with Gasteiger partial charge in [0.05, 0.1) is 0 Å². The number of rotatable bonds is 39. The van der Waals surface area contributed by atoms with Gasteiger partial charge in [-0.3, -0.25) is 0 Å². The zero-order chi connectivity index (χ0) is 37.0. The van der Waals surface area contributed by atoms with E-state index in [1.165, 1.54) is 222 Å². The first-order chi connectivity index (χ1) is 24.9. The van der Waals surface area contributed by atoms with Crippen molar-refractivity contribution < 1.29 is 5.11 Å². The molecule has 0 atom stereocenters. The van der Waals surface area contributed by atoms with Crippen LogP contribution in [0, 0.1) is 11.8 Å². The molecule has 0 heterocycles. The minimum absolute atomic E-state index is 0.610. The predicted octanol–water partition coefficient (Wildman–Crippen LogP) is 16.4. The molecule has 0 spiro atoms. The first-order valence-corrected chi connectivity index (χ1v) is 23.5. The fourth-order valence-corrected chi connectivity index (χ4v) is 7.85. The molecule has 1 aromatic carbocycles. The van der Waals surface area contributed by atoms with Gasteiger partial charge in [0.25, 0.3) is 0 Å². The largest absolute Gasteiger partial charge is 0.507 e. The van der Waals surface area contributed by atoms with Gasteiger partial charge in [-0.1, -0.05) is 233 Å². The maximum absolute atomic E-state index is 11.3. The molecule has 2 nitrogen and oxygen atoms in total. The molecule has 0 saturated heterocycles. The Hall–Kier alpha value is -1.02. The first kappa shape index (κ1) is 48.0. The molecule has 0 radical (unpaired) electrons. The van der Waals surface area contributed by atoms with Gasteiger partial charge in [-0.15, -0.1) is 0 Å². The number of aromatic hydroxyl groups is 1. The molecule has 0 saturated carbocycles. The van der Waals surface area contributed by atoms with Crippen LogP contribution in [0.1, 0.15) is 257 Å². The molecule has 0 aromatic heterocycles. The third-order valence-corrected chi connectivity index (χ3v) is 11.3. The molecule has 0 aliphatic carbocycles. The number of phenolic OH excluding ortho intramolecular Hbond substituents is 1. The number of unbranched alkanes of at least 4 members (excludes halogenated alkanes) is 27. The summed E-state index contributed by atoms with van der Waals surface area (Å²) < 4.78 is 0. The maximum atomic E-state index is 11.3. The Morgan fingerprint density at radius 1 is 0.431 bits per heavy atom. The van der Waals surface area contributed by atoms with Gasteiger partial charge >= 0.3 is 0 Å². The molecular formula is C49H93NO. The van der Waals surface area contributed by atoms with E-state index in [9.17, 15) is 5.11 Å². The Kier molecular flexibility index (Phi) is 33.9. The van der Waals surface area contributed by atoms with Crippen molar-refractivity contribution in [3.05, 3.63) is 28.8 Å². The molecule has 0 aliphatic heterocycles. The lowest BCUT2D eigenvalue weighted by Gasteiger charge is -2.14. The van der Waals surface area contributed by atoms with E-state index in [1.807, 2.05) is 0 Å². The van der Waals surface area contributed by atoms with E-state index in [2.05, 4.69) is 52.1 Å². The molecule has 1 aromatic rings. The Morgan fingerprint density at radius 2 is 0.745 bits per heavy atom. The van der Waals surface area contributed by atoms with Gasteiger partial charge in [0, 0.05) is 6.54 Å². The summed E-state index contributed by atoms with van der Waals surface area (Å²) in [6, 6.07) is 4.64. The Bertz CT molecular complexity index is 813. The summed E-state index contributed by atoms with van der Waals surface area (Å²) in [4.78, 5) is 0. The highest BCUT2D eigenvalue weighted by Gasteiger charge is 2.11. The smallest absolute Gasteiger partial charge is 0.121 e. The number of benzene rings is 1. The van der Waals surface area contributed by atoms with Crippen LogP contribution < -0.4 is 5.32 Å². The number of hydrogen-bond acceptors (Lipinski definition) is 2. The van der Waals surface area contributed by atoms with Gasteiger partial charge in [0.2, 0.25) is 0 Å². The Labute approximate surface area is 321 Å². The Morgan fingerprint density at radius 3 is 1.10 bits per heavy atom. The van der Waals surface area contributed by atoms with E-state index in [0.717, 1.165) is 37.8 Å². The van der Waals surface area contributed by atoms with E-state index in [4.69, 9.17) is 0 Å².